The number of aliphatic hydroxyl groups is 1. The van der Waals surface area contributed by atoms with Crippen LogP contribution in [0.2, 0.25) is 0 Å². The van der Waals surface area contributed by atoms with Gasteiger partial charge in [-0.15, -0.1) is 0 Å². The van der Waals surface area contributed by atoms with Gasteiger partial charge in [-0.25, -0.2) is 0 Å². The molecule has 25 heavy (non-hydrogen) atoms. The molecular formula is C21H27IO3. The Kier molecular flexibility index (Phi) is 5.74. The first-order chi connectivity index (χ1) is 11.4. The standard InChI is InChI=1S/C21H27IO3/c1-19(2,3)24-17-11-7-9-15(13-17)21(22,23)16-10-8-12-18(14-16)25-20(4,5)6/h7-14,23H,1-6H3. The molecule has 0 saturated heterocycles. The van der Waals surface area contributed by atoms with Crippen molar-refractivity contribution in [3.63, 3.8) is 0 Å². The van der Waals surface area contributed by atoms with E-state index >= 15 is 0 Å². The quantitative estimate of drug-likeness (QED) is 0.478. The molecule has 1 N–H and O–H groups in total. The molecule has 2 aromatic rings. The van der Waals surface area contributed by atoms with Crippen molar-refractivity contribution >= 4 is 22.6 Å². The lowest BCUT2D eigenvalue weighted by atomic mass is 10.0. The van der Waals surface area contributed by atoms with Gasteiger partial charge in [0, 0.05) is 11.1 Å². The van der Waals surface area contributed by atoms with Crippen molar-refractivity contribution in [1.29, 1.82) is 0 Å². The van der Waals surface area contributed by atoms with Crippen LogP contribution in [-0.2, 0) is 3.61 Å². The average Bonchev–Trinajstić information content (AvgIpc) is 2.44. The van der Waals surface area contributed by atoms with E-state index in [1.54, 1.807) is 0 Å². The lowest BCUT2D eigenvalue weighted by Crippen LogP contribution is -2.24. The van der Waals surface area contributed by atoms with Crippen LogP contribution in [0.25, 0.3) is 0 Å². The van der Waals surface area contributed by atoms with E-state index in [9.17, 15) is 5.11 Å². The van der Waals surface area contributed by atoms with Gasteiger partial charge < -0.3 is 14.6 Å². The number of hydrogen-bond acceptors (Lipinski definition) is 3. The van der Waals surface area contributed by atoms with E-state index in [-0.39, 0.29) is 11.2 Å². The molecule has 136 valence electrons. The highest BCUT2D eigenvalue weighted by Crippen LogP contribution is 2.39. The van der Waals surface area contributed by atoms with Crippen LogP contribution in [0.4, 0.5) is 0 Å². The molecule has 0 unspecified atom stereocenters. The van der Waals surface area contributed by atoms with Gasteiger partial charge in [-0.05, 0) is 88.4 Å². The topological polar surface area (TPSA) is 38.7 Å². The maximum Gasteiger partial charge on any atom is 0.166 e. The molecule has 0 aliphatic heterocycles. The molecule has 0 fully saturated rings. The van der Waals surface area contributed by atoms with Crippen molar-refractivity contribution in [3.05, 3.63) is 59.7 Å². The Morgan fingerprint density at radius 2 is 1.08 bits per heavy atom. The zero-order valence-corrected chi connectivity index (χ0v) is 17.9. The summed E-state index contributed by atoms with van der Waals surface area (Å²) in [6, 6.07) is 15.2. The third kappa shape index (κ3) is 5.89. The van der Waals surface area contributed by atoms with Gasteiger partial charge in [0.2, 0.25) is 0 Å². The Morgan fingerprint density at radius 3 is 1.40 bits per heavy atom. The minimum absolute atomic E-state index is 0.289. The Bertz CT molecular complexity index is 663. The lowest BCUT2D eigenvalue weighted by molar-refractivity contribution is 0.129. The molecule has 2 aromatic carbocycles. The maximum absolute atomic E-state index is 11.2. The van der Waals surface area contributed by atoms with Gasteiger partial charge in [-0.1, -0.05) is 24.3 Å². The number of alkyl halides is 1. The molecule has 0 radical (unpaired) electrons. The van der Waals surface area contributed by atoms with Gasteiger partial charge in [0.1, 0.15) is 22.7 Å². The molecule has 2 rings (SSSR count). The van der Waals surface area contributed by atoms with Gasteiger partial charge in [0.05, 0.1) is 0 Å². The van der Waals surface area contributed by atoms with Gasteiger partial charge in [-0.3, -0.25) is 0 Å². The van der Waals surface area contributed by atoms with Gasteiger partial charge in [0.25, 0.3) is 0 Å². The van der Waals surface area contributed by atoms with Crippen LogP contribution < -0.4 is 9.47 Å². The number of halogens is 1. The van der Waals surface area contributed by atoms with E-state index in [0.717, 1.165) is 22.6 Å². The minimum atomic E-state index is -1.17. The van der Waals surface area contributed by atoms with Crippen molar-refractivity contribution in [1.82, 2.24) is 0 Å². The minimum Gasteiger partial charge on any atom is -0.488 e. The number of ether oxygens (including phenoxy) is 2. The number of rotatable bonds is 4. The molecule has 0 amide bonds. The highest BCUT2D eigenvalue weighted by atomic mass is 127. The predicted octanol–water partition coefficient (Wildman–Crippen LogP) is 5.67. The first-order valence-electron chi connectivity index (χ1n) is 8.37. The summed E-state index contributed by atoms with van der Waals surface area (Å²) in [5.74, 6) is 1.48. The number of benzene rings is 2. The highest BCUT2D eigenvalue weighted by Gasteiger charge is 2.29. The van der Waals surface area contributed by atoms with E-state index in [4.69, 9.17) is 9.47 Å². The summed E-state index contributed by atoms with van der Waals surface area (Å²) in [7, 11) is 0. The monoisotopic (exact) mass is 454 g/mol. The second kappa shape index (κ2) is 7.16. The van der Waals surface area contributed by atoms with Crippen LogP contribution in [0.5, 0.6) is 11.5 Å². The molecule has 4 heteroatoms. The predicted molar refractivity (Wildman–Crippen MR) is 111 cm³/mol. The van der Waals surface area contributed by atoms with Crippen molar-refractivity contribution in [3.8, 4) is 11.5 Å². The van der Waals surface area contributed by atoms with E-state index < -0.39 is 3.61 Å². The third-order valence-electron chi connectivity index (χ3n) is 3.28. The van der Waals surface area contributed by atoms with Crippen molar-refractivity contribution in [2.24, 2.45) is 0 Å². The summed E-state index contributed by atoms with van der Waals surface area (Å²) in [6.45, 7) is 12.0. The van der Waals surface area contributed by atoms with Crippen LogP contribution in [0.1, 0.15) is 52.7 Å². The Morgan fingerprint density at radius 1 is 0.720 bits per heavy atom. The van der Waals surface area contributed by atoms with Crippen LogP contribution in [-0.4, -0.2) is 16.3 Å². The molecule has 0 aromatic heterocycles. The van der Waals surface area contributed by atoms with Gasteiger partial charge in [0.15, 0.2) is 3.61 Å². The lowest BCUT2D eigenvalue weighted by Gasteiger charge is -2.27. The zero-order chi connectivity index (χ0) is 18.9. The number of hydrogen-bond donors (Lipinski definition) is 1. The summed E-state index contributed by atoms with van der Waals surface area (Å²) in [5.41, 5.74) is 0.954. The van der Waals surface area contributed by atoms with Crippen LogP contribution in [0.3, 0.4) is 0 Å². The Balaban J connectivity index is 2.35. The van der Waals surface area contributed by atoms with Crippen LogP contribution in [0.15, 0.2) is 48.5 Å². The fourth-order valence-corrected chi connectivity index (χ4v) is 3.08. The molecule has 3 nitrogen and oxygen atoms in total. The summed E-state index contributed by atoms with van der Waals surface area (Å²) in [4.78, 5) is 0. The molecule has 0 bridgehead atoms. The van der Waals surface area contributed by atoms with Crippen LogP contribution >= 0.6 is 22.6 Å². The molecule has 0 aliphatic rings. The summed E-state index contributed by atoms with van der Waals surface area (Å²) in [6.07, 6.45) is 0. The van der Waals surface area contributed by atoms with Crippen molar-refractivity contribution < 1.29 is 14.6 Å². The zero-order valence-electron chi connectivity index (χ0n) is 15.8. The summed E-state index contributed by atoms with van der Waals surface area (Å²) >= 11 is 2.06. The average molecular weight is 454 g/mol. The van der Waals surface area contributed by atoms with Crippen molar-refractivity contribution in [2.45, 2.75) is 56.4 Å². The largest absolute Gasteiger partial charge is 0.488 e. The summed E-state index contributed by atoms with van der Waals surface area (Å²) in [5, 5.41) is 11.2. The SMILES string of the molecule is CC(C)(C)Oc1cccc(C(O)(I)c2cccc(OC(C)(C)C)c2)c1. The first-order valence-corrected chi connectivity index (χ1v) is 9.45. The Hall–Kier alpha value is -1.27. The third-order valence-corrected chi connectivity index (χ3v) is 4.53. The second-order valence-electron chi connectivity index (χ2n) is 8.11. The fourth-order valence-electron chi connectivity index (χ4n) is 2.41. The molecule has 0 heterocycles. The molecule has 0 spiro atoms. The second-order valence-corrected chi connectivity index (χ2v) is 9.67. The van der Waals surface area contributed by atoms with Gasteiger partial charge in [-0.2, -0.15) is 0 Å². The Labute approximate surface area is 164 Å². The normalized spacial score (nSPS) is 12.8. The molecule has 0 aliphatic carbocycles. The first kappa shape index (κ1) is 20.0. The maximum atomic E-state index is 11.2. The fraction of sp³-hybridized carbons (Fsp3) is 0.429. The van der Waals surface area contributed by atoms with Crippen LogP contribution in [0, 0.1) is 0 Å². The van der Waals surface area contributed by atoms with Crippen molar-refractivity contribution in [2.75, 3.05) is 0 Å². The van der Waals surface area contributed by atoms with E-state index in [1.165, 1.54) is 0 Å². The van der Waals surface area contributed by atoms with E-state index in [0.29, 0.717) is 0 Å². The summed E-state index contributed by atoms with van der Waals surface area (Å²) < 4.78 is 10.7. The molecular weight excluding hydrogens is 427 g/mol. The van der Waals surface area contributed by atoms with Gasteiger partial charge >= 0.3 is 0 Å². The van der Waals surface area contributed by atoms with E-state index in [1.807, 2.05) is 90.1 Å². The smallest absolute Gasteiger partial charge is 0.166 e. The van der Waals surface area contributed by atoms with E-state index in [2.05, 4.69) is 22.6 Å². The molecule has 0 atom stereocenters. The molecule has 0 saturated carbocycles. The highest BCUT2D eigenvalue weighted by molar-refractivity contribution is 14.1.